The van der Waals surface area contributed by atoms with E-state index in [1.165, 1.54) is 18.6 Å². The molecular weight excluding hydrogens is 192 g/mol. The number of rotatable bonds is 5. The molecule has 1 rings (SSSR count). The third-order valence-corrected chi connectivity index (χ3v) is 1.93. The zero-order valence-corrected chi connectivity index (χ0v) is 9.14. The van der Waals surface area contributed by atoms with Crippen molar-refractivity contribution in [1.29, 1.82) is 0 Å². The first-order chi connectivity index (χ1) is 7.20. The van der Waals surface area contributed by atoms with Crippen molar-refractivity contribution < 1.29 is 9.53 Å². The molecule has 0 amide bonds. The van der Waals surface area contributed by atoms with Gasteiger partial charge in [0.25, 0.3) is 0 Å². The first-order valence-corrected chi connectivity index (χ1v) is 5.13. The summed E-state index contributed by atoms with van der Waals surface area (Å²) >= 11 is 0. The van der Waals surface area contributed by atoms with Crippen LogP contribution in [0.25, 0.3) is 0 Å². The molecule has 0 spiro atoms. The van der Waals surface area contributed by atoms with Gasteiger partial charge >= 0.3 is 5.97 Å². The van der Waals surface area contributed by atoms with Crippen LogP contribution < -0.4 is 0 Å². The topological polar surface area (TPSA) is 52.1 Å². The summed E-state index contributed by atoms with van der Waals surface area (Å²) in [5.41, 5.74) is 0.266. The monoisotopic (exact) mass is 208 g/mol. The van der Waals surface area contributed by atoms with Gasteiger partial charge in [-0.1, -0.05) is 13.8 Å². The maximum Gasteiger partial charge on any atom is 0.358 e. The molecule has 0 bridgehead atoms. The SMILES string of the molecule is CC(C)CCCOC(=O)c1cnccn1. The standard InChI is InChI=1S/C11H16N2O2/c1-9(2)4-3-7-15-11(14)10-8-12-5-6-13-10/h5-6,8-9H,3-4,7H2,1-2H3. The Balaban J connectivity index is 2.25. The number of nitrogens with zero attached hydrogens (tertiary/aromatic N) is 2. The molecule has 0 aliphatic carbocycles. The van der Waals surface area contributed by atoms with Crippen molar-refractivity contribution in [3.63, 3.8) is 0 Å². The van der Waals surface area contributed by atoms with Crippen molar-refractivity contribution in [2.45, 2.75) is 26.7 Å². The van der Waals surface area contributed by atoms with E-state index < -0.39 is 5.97 Å². The lowest BCUT2D eigenvalue weighted by molar-refractivity contribution is 0.0487. The highest BCUT2D eigenvalue weighted by Crippen LogP contribution is 2.04. The van der Waals surface area contributed by atoms with E-state index >= 15 is 0 Å². The minimum Gasteiger partial charge on any atom is -0.461 e. The Morgan fingerprint density at radius 3 is 2.87 bits per heavy atom. The molecule has 4 heteroatoms. The van der Waals surface area contributed by atoms with E-state index in [1.54, 1.807) is 0 Å². The lowest BCUT2D eigenvalue weighted by atomic mass is 10.1. The summed E-state index contributed by atoms with van der Waals surface area (Å²) in [6.45, 7) is 4.74. The molecule has 0 radical (unpaired) electrons. The normalized spacial score (nSPS) is 10.3. The lowest BCUT2D eigenvalue weighted by Crippen LogP contribution is -2.09. The van der Waals surface area contributed by atoms with Crippen LogP contribution in [0, 0.1) is 5.92 Å². The Labute approximate surface area is 89.7 Å². The van der Waals surface area contributed by atoms with Gasteiger partial charge in [-0.3, -0.25) is 4.98 Å². The van der Waals surface area contributed by atoms with Gasteiger partial charge in [0.1, 0.15) is 0 Å². The highest BCUT2D eigenvalue weighted by molar-refractivity contribution is 5.86. The fraction of sp³-hybridized carbons (Fsp3) is 0.545. The number of hydrogen-bond acceptors (Lipinski definition) is 4. The predicted molar refractivity (Wildman–Crippen MR) is 56.4 cm³/mol. The highest BCUT2D eigenvalue weighted by atomic mass is 16.5. The van der Waals surface area contributed by atoms with E-state index in [0.717, 1.165) is 12.8 Å². The quantitative estimate of drug-likeness (QED) is 0.549. The number of aromatic nitrogens is 2. The summed E-state index contributed by atoms with van der Waals surface area (Å²) < 4.78 is 5.04. The van der Waals surface area contributed by atoms with Crippen LogP contribution in [0.3, 0.4) is 0 Å². The molecule has 4 nitrogen and oxygen atoms in total. The van der Waals surface area contributed by atoms with Crippen LogP contribution in [-0.4, -0.2) is 22.5 Å². The van der Waals surface area contributed by atoms with E-state index in [0.29, 0.717) is 12.5 Å². The van der Waals surface area contributed by atoms with Gasteiger partial charge in [-0.05, 0) is 18.8 Å². The fourth-order valence-corrected chi connectivity index (χ4v) is 1.13. The summed E-state index contributed by atoms with van der Waals surface area (Å²) in [5.74, 6) is 0.243. The Hall–Kier alpha value is -1.45. The molecular formula is C11H16N2O2. The van der Waals surface area contributed by atoms with Crippen molar-refractivity contribution in [3.05, 3.63) is 24.3 Å². The van der Waals surface area contributed by atoms with Crippen LogP contribution >= 0.6 is 0 Å². The molecule has 0 aromatic carbocycles. The molecule has 0 saturated heterocycles. The van der Waals surface area contributed by atoms with Crippen molar-refractivity contribution >= 4 is 5.97 Å². The lowest BCUT2D eigenvalue weighted by Gasteiger charge is -2.05. The number of carbonyl (C=O) groups excluding carboxylic acids is 1. The molecule has 0 fully saturated rings. The van der Waals surface area contributed by atoms with Gasteiger partial charge in [-0.2, -0.15) is 0 Å². The Morgan fingerprint density at radius 2 is 2.27 bits per heavy atom. The fourth-order valence-electron chi connectivity index (χ4n) is 1.13. The maximum atomic E-state index is 11.4. The van der Waals surface area contributed by atoms with Gasteiger partial charge in [0, 0.05) is 12.4 Å². The van der Waals surface area contributed by atoms with Crippen LogP contribution in [0.1, 0.15) is 37.2 Å². The van der Waals surface area contributed by atoms with E-state index in [4.69, 9.17) is 4.74 Å². The van der Waals surface area contributed by atoms with Gasteiger partial charge in [-0.25, -0.2) is 9.78 Å². The van der Waals surface area contributed by atoms with Gasteiger partial charge in [0.2, 0.25) is 0 Å². The van der Waals surface area contributed by atoms with Crippen molar-refractivity contribution in [2.75, 3.05) is 6.61 Å². The van der Waals surface area contributed by atoms with E-state index in [9.17, 15) is 4.79 Å². The second-order valence-electron chi connectivity index (χ2n) is 3.76. The summed E-state index contributed by atoms with van der Waals surface area (Å²) in [6.07, 6.45) is 6.36. The molecule has 0 aliphatic rings. The molecule has 0 saturated carbocycles. The molecule has 0 atom stereocenters. The number of hydrogen-bond donors (Lipinski definition) is 0. The van der Waals surface area contributed by atoms with E-state index in [-0.39, 0.29) is 5.69 Å². The summed E-state index contributed by atoms with van der Waals surface area (Å²) in [5, 5.41) is 0. The molecule has 0 unspecified atom stereocenters. The largest absolute Gasteiger partial charge is 0.461 e. The smallest absolute Gasteiger partial charge is 0.358 e. The molecule has 0 N–H and O–H groups in total. The van der Waals surface area contributed by atoms with E-state index in [1.807, 2.05) is 0 Å². The zero-order chi connectivity index (χ0) is 11.1. The number of ether oxygens (including phenoxy) is 1. The van der Waals surface area contributed by atoms with Crippen molar-refractivity contribution in [1.82, 2.24) is 9.97 Å². The van der Waals surface area contributed by atoms with Gasteiger partial charge in [0.05, 0.1) is 12.8 Å². The minimum absolute atomic E-state index is 0.266. The highest BCUT2D eigenvalue weighted by Gasteiger charge is 2.07. The van der Waals surface area contributed by atoms with Crippen molar-refractivity contribution in [3.8, 4) is 0 Å². The first kappa shape index (κ1) is 11.6. The Morgan fingerprint density at radius 1 is 1.47 bits per heavy atom. The summed E-state index contributed by atoms with van der Waals surface area (Å²) in [4.78, 5) is 19.0. The zero-order valence-electron chi connectivity index (χ0n) is 9.14. The van der Waals surface area contributed by atoms with Crippen LogP contribution in [0.5, 0.6) is 0 Å². The molecule has 0 aliphatic heterocycles. The van der Waals surface area contributed by atoms with Crippen LogP contribution in [0.2, 0.25) is 0 Å². The second-order valence-corrected chi connectivity index (χ2v) is 3.76. The second kappa shape index (κ2) is 6.11. The Kier molecular flexibility index (Phi) is 4.74. The Bertz CT molecular complexity index is 299. The maximum absolute atomic E-state index is 11.4. The summed E-state index contributed by atoms with van der Waals surface area (Å²) in [6, 6.07) is 0. The summed E-state index contributed by atoms with van der Waals surface area (Å²) in [7, 11) is 0. The van der Waals surface area contributed by atoms with Gasteiger partial charge < -0.3 is 4.74 Å². The van der Waals surface area contributed by atoms with Gasteiger partial charge in [0.15, 0.2) is 5.69 Å². The van der Waals surface area contributed by atoms with E-state index in [2.05, 4.69) is 23.8 Å². The van der Waals surface area contributed by atoms with Crippen LogP contribution in [-0.2, 0) is 4.74 Å². The molecule has 1 aromatic heterocycles. The predicted octanol–water partition coefficient (Wildman–Crippen LogP) is 2.07. The third kappa shape index (κ3) is 4.54. The van der Waals surface area contributed by atoms with Crippen molar-refractivity contribution in [2.24, 2.45) is 5.92 Å². The molecule has 82 valence electrons. The van der Waals surface area contributed by atoms with Crippen LogP contribution in [0.4, 0.5) is 0 Å². The first-order valence-electron chi connectivity index (χ1n) is 5.13. The molecule has 15 heavy (non-hydrogen) atoms. The minimum atomic E-state index is -0.396. The number of carbonyl (C=O) groups is 1. The third-order valence-electron chi connectivity index (χ3n) is 1.93. The number of esters is 1. The molecule has 1 heterocycles. The van der Waals surface area contributed by atoms with Gasteiger partial charge in [-0.15, -0.1) is 0 Å². The average Bonchev–Trinajstić information content (AvgIpc) is 2.25. The molecule has 1 aromatic rings. The van der Waals surface area contributed by atoms with Crippen LogP contribution in [0.15, 0.2) is 18.6 Å². The average molecular weight is 208 g/mol.